The molecule has 1 aliphatic rings. The molecule has 1 amide bonds. The maximum atomic E-state index is 12.3. The summed E-state index contributed by atoms with van der Waals surface area (Å²) in [6, 6.07) is 7.37. The number of hydrogen-bond donors (Lipinski definition) is 2. The second kappa shape index (κ2) is 6.31. The smallest absolute Gasteiger partial charge is 0.422 e. The summed E-state index contributed by atoms with van der Waals surface area (Å²) in [5.74, 6) is 0. The van der Waals surface area contributed by atoms with E-state index >= 15 is 0 Å². The molecule has 1 aromatic rings. The number of carbonyl (C=O) groups is 1. The van der Waals surface area contributed by atoms with E-state index < -0.39 is 16.3 Å². The minimum atomic E-state index is -3.97. The highest BCUT2D eigenvalue weighted by Crippen LogP contribution is 2.34. The second-order valence-corrected chi connectivity index (χ2v) is 6.22. The van der Waals surface area contributed by atoms with E-state index in [1.807, 2.05) is 23.8 Å². The number of hydrogen-bond acceptors (Lipinski definition) is 5. The van der Waals surface area contributed by atoms with Gasteiger partial charge in [-0.1, -0.05) is 25.1 Å². The summed E-state index contributed by atoms with van der Waals surface area (Å²) in [4.78, 5) is 11.2. The van der Waals surface area contributed by atoms with Crippen LogP contribution in [0.3, 0.4) is 0 Å². The Morgan fingerprint density at radius 2 is 2.14 bits per heavy atom. The molecule has 7 nitrogen and oxygen atoms in total. The first-order valence-electron chi connectivity index (χ1n) is 6.70. The lowest BCUT2D eigenvalue weighted by atomic mass is 9.98. The molecule has 0 aromatic heterocycles. The van der Waals surface area contributed by atoms with Gasteiger partial charge in [0, 0.05) is 12.6 Å². The van der Waals surface area contributed by atoms with Gasteiger partial charge in [-0.2, -0.15) is 8.42 Å². The number of methoxy groups -OCH3 is 1. The highest BCUT2D eigenvalue weighted by atomic mass is 32.2. The Hall–Kier alpha value is -1.80. The number of fused-ring (bicyclic) bond motifs is 1. The lowest BCUT2D eigenvalue weighted by molar-refractivity contribution is 0.177. The van der Waals surface area contributed by atoms with Crippen LogP contribution < -0.4 is 14.3 Å². The van der Waals surface area contributed by atoms with Crippen molar-refractivity contribution in [3.05, 3.63) is 29.8 Å². The summed E-state index contributed by atoms with van der Waals surface area (Å²) in [7, 11) is -2.84. The molecule has 116 valence electrons. The Kier molecular flexibility index (Phi) is 4.69. The fraction of sp³-hybridized carbons (Fsp3) is 0.462. The summed E-state index contributed by atoms with van der Waals surface area (Å²) in [6.45, 7) is 3.09. The summed E-state index contributed by atoms with van der Waals surface area (Å²) >= 11 is 0. The van der Waals surface area contributed by atoms with Gasteiger partial charge >= 0.3 is 16.3 Å². The molecule has 1 aliphatic heterocycles. The van der Waals surface area contributed by atoms with Crippen molar-refractivity contribution in [2.24, 2.45) is 0 Å². The zero-order chi connectivity index (χ0) is 15.5. The van der Waals surface area contributed by atoms with Crippen LogP contribution >= 0.6 is 0 Å². The van der Waals surface area contributed by atoms with Crippen molar-refractivity contribution in [2.45, 2.75) is 19.4 Å². The van der Waals surface area contributed by atoms with Gasteiger partial charge in [-0.25, -0.2) is 9.52 Å². The van der Waals surface area contributed by atoms with Crippen molar-refractivity contribution in [1.82, 2.24) is 10.0 Å². The number of benzene rings is 1. The van der Waals surface area contributed by atoms with Crippen LogP contribution in [-0.4, -0.2) is 34.7 Å². The average Bonchev–Trinajstić information content (AvgIpc) is 2.47. The number of nitrogens with zero attached hydrogens (tertiary/aromatic N) is 1. The second-order valence-electron chi connectivity index (χ2n) is 4.63. The molecule has 1 aromatic carbocycles. The molecule has 2 N–H and O–H groups in total. The van der Waals surface area contributed by atoms with E-state index in [1.54, 1.807) is 12.1 Å². The van der Waals surface area contributed by atoms with Crippen LogP contribution in [0.25, 0.3) is 0 Å². The van der Waals surface area contributed by atoms with Gasteiger partial charge in [0.25, 0.3) is 0 Å². The molecule has 0 radical (unpaired) electrons. The molecule has 0 bridgehead atoms. The van der Waals surface area contributed by atoms with E-state index in [4.69, 9.17) is 0 Å². The number of para-hydroxylation sites is 1. The number of rotatable bonds is 4. The molecule has 1 heterocycles. The standard InChI is InChI=1S/C13H19N3O4S/c1-3-14-11-8-9-16(12-7-5-4-6-10(11)12)21(18,19)15-13(17)20-2/h4-7,11,14H,3,8-9H2,1-2H3,(H,15,17). The van der Waals surface area contributed by atoms with Crippen molar-refractivity contribution in [1.29, 1.82) is 0 Å². The van der Waals surface area contributed by atoms with Crippen LogP contribution in [-0.2, 0) is 14.9 Å². The highest BCUT2D eigenvalue weighted by Gasteiger charge is 2.32. The number of carbonyl (C=O) groups excluding carboxylic acids is 1. The van der Waals surface area contributed by atoms with Crippen molar-refractivity contribution in [2.75, 3.05) is 24.5 Å². The van der Waals surface area contributed by atoms with Gasteiger partial charge in [0.05, 0.1) is 12.8 Å². The monoisotopic (exact) mass is 313 g/mol. The average molecular weight is 313 g/mol. The lowest BCUT2D eigenvalue weighted by Gasteiger charge is -2.34. The molecule has 0 fully saturated rings. The fourth-order valence-corrected chi connectivity index (χ4v) is 3.62. The van der Waals surface area contributed by atoms with Gasteiger partial charge in [0.2, 0.25) is 0 Å². The topological polar surface area (TPSA) is 87.7 Å². The number of nitrogens with one attached hydrogen (secondary N) is 2. The molecule has 0 spiro atoms. The van der Waals surface area contributed by atoms with Crippen molar-refractivity contribution >= 4 is 22.0 Å². The summed E-state index contributed by atoms with van der Waals surface area (Å²) in [6.07, 6.45) is -0.367. The number of ether oxygens (including phenoxy) is 1. The molecule has 1 unspecified atom stereocenters. The van der Waals surface area contributed by atoms with Gasteiger partial charge in [-0.3, -0.25) is 4.31 Å². The molecule has 0 saturated heterocycles. The molecule has 2 rings (SSSR count). The van der Waals surface area contributed by atoms with Crippen molar-refractivity contribution in [3.63, 3.8) is 0 Å². The van der Waals surface area contributed by atoms with Crippen LogP contribution in [0.4, 0.5) is 10.5 Å². The third-order valence-electron chi connectivity index (χ3n) is 3.34. The maximum absolute atomic E-state index is 12.3. The minimum Gasteiger partial charge on any atom is -0.452 e. The van der Waals surface area contributed by atoms with E-state index in [0.717, 1.165) is 19.2 Å². The van der Waals surface area contributed by atoms with Gasteiger partial charge in [0.15, 0.2) is 0 Å². The van der Waals surface area contributed by atoms with Gasteiger partial charge < -0.3 is 10.1 Å². The third kappa shape index (κ3) is 3.27. The largest absolute Gasteiger partial charge is 0.452 e. The Labute approximate surface area is 124 Å². The first-order chi connectivity index (χ1) is 9.99. The third-order valence-corrected chi connectivity index (χ3v) is 4.72. The fourth-order valence-electron chi connectivity index (χ4n) is 2.44. The van der Waals surface area contributed by atoms with E-state index in [-0.39, 0.29) is 6.04 Å². The van der Waals surface area contributed by atoms with Gasteiger partial charge in [-0.15, -0.1) is 0 Å². The number of amides is 1. The van der Waals surface area contributed by atoms with Crippen LogP contribution in [0, 0.1) is 0 Å². The predicted molar refractivity (Wildman–Crippen MR) is 79.3 cm³/mol. The lowest BCUT2D eigenvalue weighted by Crippen LogP contribution is -2.47. The predicted octanol–water partition coefficient (Wildman–Crippen LogP) is 1.15. The molecule has 1 atom stereocenters. The van der Waals surface area contributed by atoms with E-state index in [2.05, 4.69) is 10.1 Å². The molecule has 21 heavy (non-hydrogen) atoms. The molecular formula is C13H19N3O4S. The molecule has 0 aliphatic carbocycles. The van der Waals surface area contributed by atoms with E-state index in [0.29, 0.717) is 18.7 Å². The first kappa shape index (κ1) is 15.6. The highest BCUT2D eigenvalue weighted by molar-refractivity contribution is 7.91. The van der Waals surface area contributed by atoms with Crippen LogP contribution in [0.2, 0.25) is 0 Å². The summed E-state index contributed by atoms with van der Waals surface area (Å²) in [5.41, 5.74) is 1.48. The molecule has 8 heteroatoms. The zero-order valence-electron chi connectivity index (χ0n) is 12.0. The number of anilines is 1. The van der Waals surface area contributed by atoms with E-state index in [9.17, 15) is 13.2 Å². The van der Waals surface area contributed by atoms with E-state index in [1.165, 1.54) is 4.31 Å². The quantitative estimate of drug-likeness (QED) is 0.870. The minimum absolute atomic E-state index is 0.107. The molecular weight excluding hydrogens is 294 g/mol. The van der Waals surface area contributed by atoms with Crippen LogP contribution in [0.15, 0.2) is 24.3 Å². The maximum Gasteiger partial charge on any atom is 0.422 e. The van der Waals surface area contributed by atoms with Crippen molar-refractivity contribution < 1.29 is 17.9 Å². The Bertz CT molecular complexity index is 618. The van der Waals surface area contributed by atoms with Crippen LogP contribution in [0.5, 0.6) is 0 Å². The van der Waals surface area contributed by atoms with Crippen LogP contribution in [0.1, 0.15) is 24.9 Å². The summed E-state index contributed by atoms with van der Waals surface area (Å²) < 4.78 is 32.0. The first-order valence-corrected chi connectivity index (χ1v) is 8.14. The SMILES string of the molecule is CCNC1CCN(S(=O)(=O)NC(=O)OC)c2ccccc21. The van der Waals surface area contributed by atoms with Crippen molar-refractivity contribution in [3.8, 4) is 0 Å². The Morgan fingerprint density at radius 1 is 1.43 bits per heavy atom. The Balaban J connectivity index is 2.35. The van der Waals surface area contributed by atoms with Gasteiger partial charge in [0.1, 0.15) is 0 Å². The van der Waals surface area contributed by atoms with Gasteiger partial charge in [-0.05, 0) is 24.6 Å². The summed E-state index contributed by atoms with van der Waals surface area (Å²) in [5, 5.41) is 3.33. The normalized spacial score (nSPS) is 18.0. The Morgan fingerprint density at radius 3 is 2.81 bits per heavy atom. The zero-order valence-corrected chi connectivity index (χ0v) is 12.8. The molecule has 0 saturated carbocycles.